The molecule has 4 aromatic rings. The molecule has 0 fully saturated rings. The molecule has 1 aromatic heterocycles. The van der Waals surface area contributed by atoms with Crippen LogP contribution in [0.1, 0.15) is 5.56 Å². The van der Waals surface area contributed by atoms with Crippen molar-refractivity contribution in [2.45, 2.75) is 5.66 Å². The zero-order valence-corrected chi connectivity index (χ0v) is 15.8. The molecule has 0 saturated heterocycles. The van der Waals surface area contributed by atoms with Crippen molar-refractivity contribution in [3.05, 3.63) is 83.4 Å². The van der Waals surface area contributed by atoms with Gasteiger partial charge in [0.15, 0.2) is 11.6 Å². The largest absolute Gasteiger partial charge is 0.349 e. The number of fused-ring (bicyclic) bond motifs is 6. The number of halogens is 1. The van der Waals surface area contributed by atoms with E-state index in [2.05, 4.69) is 10.6 Å². The summed E-state index contributed by atoms with van der Waals surface area (Å²) in [5.74, 6) is 0.956. The van der Waals surface area contributed by atoms with E-state index in [0.717, 1.165) is 22.4 Å². The molecule has 2 N–H and O–H groups in total. The summed E-state index contributed by atoms with van der Waals surface area (Å²) in [4.78, 5) is 18.1. The second-order valence-electron chi connectivity index (χ2n) is 7.06. The second-order valence-corrected chi connectivity index (χ2v) is 7.50. The fraction of sp³-hybridized carbons (Fsp3) is 0.0455. The Balaban J connectivity index is 1.68. The van der Waals surface area contributed by atoms with Crippen LogP contribution in [0, 0.1) is 0 Å². The van der Waals surface area contributed by atoms with E-state index in [1.807, 2.05) is 54.6 Å². The maximum absolute atomic E-state index is 13.3. The molecule has 6 nitrogen and oxygen atoms in total. The summed E-state index contributed by atoms with van der Waals surface area (Å²) in [6.07, 6.45) is 0. The van der Waals surface area contributed by atoms with Crippen LogP contribution in [0.2, 0.25) is 5.02 Å². The zero-order chi connectivity index (χ0) is 19.6. The quantitative estimate of drug-likeness (QED) is 0.499. The maximum Gasteiger partial charge on any atom is 0.278 e. The predicted octanol–water partition coefficient (Wildman–Crippen LogP) is 4.34. The molecule has 1 atom stereocenters. The van der Waals surface area contributed by atoms with Crippen molar-refractivity contribution >= 4 is 28.9 Å². The van der Waals surface area contributed by atoms with Crippen LogP contribution in [-0.2, 0) is 10.5 Å². The summed E-state index contributed by atoms with van der Waals surface area (Å²) in [5.41, 5.74) is 2.74. The summed E-state index contributed by atoms with van der Waals surface area (Å²) < 4.78 is 1.68. The average Bonchev–Trinajstić information content (AvgIpc) is 3.31. The van der Waals surface area contributed by atoms with Crippen LogP contribution < -0.4 is 10.6 Å². The Hall–Kier alpha value is -3.64. The number of benzene rings is 3. The van der Waals surface area contributed by atoms with Gasteiger partial charge in [0.25, 0.3) is 5.91 Å². The monoisotopic (exact) mass is 399 g/mol. The van der Waals surface area contributed by atoms with Gasteiger partial charge in [0.1, 0.15) is 0 Å². The lowest BCUT2D eigenvalue weighted by molar-refractivity contribution is -0.121. The van der Waals surface area contributed by atoms with Crippen molar-refractivity contribution in [2.75, 3.05) is 10.6 Å². The number of nitrogens with zero attached hydrogens (tertiary/aromatic N) is 3. The number of rotatable bonds is 1. The summed E-state index contributed by atoms with van der Waals surface area (Å²) in [7, 11) is 0. The highest BCUT2D eigenvalue weighted by atomic mass is 35.5. The van der Waals surface area contributed by atoms with Crippen molar-refractivity contribution < 1.29 is 4.79 Å². The molecule has 1 amide bonds. The third kappa shape index (κ3) is 2.14. The van der Waals surface area contributed by atoms with Gasteiger partial charge in [-0.15, -0.1) is 5.10 Å². The molecule has 0 radical (unpaired) electrons. The van der Waals surface area contributed by atoms with Gasteiger partial charge in [-0.1, -0.05) is 54.1 Å². The summed E-state index contributed by atoms with van der Waals surface area (Å²) >= 11 is 6.29. The Bertz CT molecular complexity index is 1300. The first kappa shape index (κ1) is 16.3. The van der Waals surface area contributed by atoms with E-state index in [1.54, 1.807) is 22.9 Å². The molecule has 6 rings (SSSR count). The smallest absolute Gasteiger partial charge is 0.278 e. The summed E-state index contributed by atoms with van der Waals surface area (Å²) in [6.45, 7) is 0. The van der Waals surface area contributed by atoms with Crippen molar-refractivity contribution in [1.82, 2.24) is 14.8 Å². The molecular formula is C22H14ClN5O. The van der Waals surface area contributed by atoms with Gasteiger partial charge in [-0.2, -0.15) is 0 Å². The molecule has 29 heavy (non-hydrogen) atoms. The number of para-hydroxylation sites is 1. The van der Waals surface area contributed by atoms with Crippen molar-refractivity contribution in [3.8, 4) is 22.8 Å². The van der Waals surface area contributed by atoms with Gasteiger partial charge < -0.3 is 10.6 Å². The highest BCUT2D eigenvalue weighted by Gasteiger charge is 2.53. The van der Waals surface area contributed by atoms with E-state index in [1.165, 1.54) is 0 Å². The minimum absolute atomic E-state index is 0.227. The van der Waals surface area contributed by atoms with Gasteiger partial charge in [0.05, 0.1) is 0 Å². The third-order valence-corrected chi connectivity index (χ3v) is 5.62. The number of anilines is 2. The normalized spacial score (nSPS) is 18.6. The minimum Gasteiger partial charge on any atom is -0.349 e. The molecule has 0 aliphatic carbocycles. The molecule has 3 heterocycles. The fourth-order valence-electron chi connectivity index (χ4n) is 4.06. The predicted molar refractivity (Wildman–Crippen MR) is 112 cm³/mol. The lowest BCUT2D eigenvalue weighted by Gasteiger charge is -2.35. The minimum atomic E-state index is -1.26. The van der Waals surface area contributed by atoms with Gasteiger partial charge in [-0.25, -0.2) is 9.67 Å². The van der Waals surface area contributed by atoms with Crippen molar-refractivity contribution in [2.24, 2.45) is 0 Å². The van der Waals surface area contributed by atoms with Gasteiger partial charge in [-0.3, -0.25) is 4.79 Å². The number of hydrogen-bond donors (Lipinski definition) is 2. The number of nitrogens with one attached hydrogen (secondary N) is 2. The molecule has 140 valence electrons. The van der Waals surface area contributed by atoms with Crippen molar-refractivity contribution in [1.29, 1.82) is 0 Å². The highest BCUT2D eigenvalue weighted by Crippen LogP contribution is 2.47. The van der Waals surface area contributed by atoms with Crippen molar-refractivity contribution in [3.63, 3.8) is 0 Å². The molecule has 0 bridgehead atoms. The van der Waals surface area contributed by atoms with Gasteiger partial charge in [0.2, 0.25) is 5.66 Å². The van der Waals surface area contributed by atoms with Crippen LogP contribution in [-0.4, -0.2) is 20.7 Å². The first-order valence-electron chi connectivity index (χ1n) is 9.19. The van der Waals surface area contributed by atoms with Crippen LogP contribution in [0.25, 0.3) is 22.8 Å². The lowest BCUT2D eigenvalue weighted by atomic mass is 9.96. The molecule has 2 aliphatic heterocycles. The van der Waals surface area contributed by atoms with E-state index in [0.29, 0.717) is 22.4 Å². The summed E-state index contributed by atoms with van der Waals surface area (Å²) in [5, 5.41) is 11.7. The lowest BCUT2D eigenvalue weighted by Crippen LogP contribution is -2.51. The Morgan fingerprint density at radius 3 is 2.59 bits per heavy atom. The Labute approximate surface area is 171 Å². The van der Waals surface area contributed by atoms with Crippen LogP contribution in [0.15, 0.2) is 72.8 Å². The third-order valence-electron chi connectivity index (χ3n) is 5.39. The number of aromatic nitrogens is 3. The van der Waals surface area contributed by atoms with E-state index < -0.39 is 5.66 Å². The molecule has 0 saturated carbocycles. The molecule has 3 aromatic carbocycles. The number of carbonyl (C=O) groups excluding carboxylic acids is 1. The Morgan fingerprint density at radius 2 is 1.72 bits per heavy atom. The van der Waals surface area contributed by atoms with E-state index >= 15 is 0 Å². The number of carbonyl (C=O) groups is 1. The molecule has 1 spiro atoms. The first-order valence-corrected chi connectivity index (χ1v) is 9.57. The molecular weight excluding hydrogens is 386 g/mol. The van der Waals surface area contributed by atoms with Crippen LogP contribution in [0.4, 0.5) is 11.4 Å². The number of amides is 1. The standard InChI is InChI=1S/C22H14ClN5O/c23-14-10-11-18-16(12-14)22(21(29)24-18)26-17-9-5-4-8-15(17)20-25-19(27-28(20)22)13-6-2-1-3-7-13/h1-12,26H,(H,24,29). The molecule has 7 heteroatoms. The van der Waals surface area contributed by atoms with E-state index in [9.17, 15) is 4.79 Å². The van der Waals surface area contributed by atoms with Gasteiger partial charge >= 0.3 is 0 Å². The van der Waals surface area contributed by atoms with Crippen LogP contribution in [0.5, 0.6) is 0 Å². The fourth-order valence-corrected chi connectivity index (χ4v) is 4.23. The molecule has 1 unspecified atom stereocenters. The Morgan fingerprint density at radius 1 is 0.931 bits per heavy atom. The average molecular weight is 400 g/mol. The number of hydrogen-bond acceptors (Lipinski definition) is 4. The van der Waals surface area contributed by atoms with Crippen LogP contribution >= 0.6 is 11.6 Å². The topological polar surface area (TPSA) is 71.8 Å². The van der Waals surface area contributed by atoms with Gasteiger partial charge in [0, 0.05) is 33.1 Å². The highest BCUT2D eigenvalue weighted by molar-refractivity contribution is 6.31. The SMILES string of the molecule is O=C1Nc2ccc(Cl)cc2C12Nc1ccccc1-c1nc(-c3ccccc3)nn12. The second kappa shape index (κ2) is 5.68. The van der Waals surface area contributed by atoms with E-state index in [-0.39, 0.29) is 5.91 Å². The maximum atomic E-state index is 13.3. The summed E-state index contributed by atoms with van der Waals surface area (Å²) in [6, 6.07) is 22.9. The van der Waals surface area contributed by atoms with Gasteiger partial charge in [-0.05, 0) is 30.3 Å². The first-order chi connectivity index (χ1) is 14.2. The Kier molecular flexibility index (Phi) is 3.20. The zero-order valence-electron chi connectivity index (χ0n) is 15.1. The van der Waals surface area contributed by atoms with E-state index in [4.69, 9.17) is 21.7 Å². The van der Waals surface area contributed by atoms with Crippen LogP contribution in [0.3, 0.4) is 0 Å². The molecule has 2 aliphatic rings.